The highest BCUT2D eigenvalue weighted by atomic mass is 15.0. The maximum atomic E-state index is 2.52. The summed E-state index contributed by atoms with van der Waals surface area (Å²) in [5.41, 5.74) is 15.2. The van der Waals surface area contributed by atoms with Crippen LogP contribution in [0.3, 0.4) is 0 Å². The molecule has 0 fully saturated rings. The van der Waals surface area contributed by atoms with E-state index < -0.39 is 0 Å². The quantitative estimate of drug-likeness (QED) is 0.173. The van der Waals surface area contributed by atoms with Gasteiger partial charge < -0.3 is 9.13 Å². The smallest absolute Gasteiger partial charge is 0.0541 e. The summed E-state index contributed by atoms with van der Waals surface area (Å²) in [6.07, 6.45) is 14.7. The number of hydrogen-bond donors (Lipinski definition) is 0. The van der Waals surface area contributed by atoms with E-state index in [4.69, 9.17) is 0 Å². The molecule has 2 aliphatic carbocycles. The monoisotopic (exact) mass is 668 g/mol. The maximum absolute atomic E-state index is 2.52. The highest BCUT2D eigenvalue weighted by Crippen LogP contribution is 2.42. The van der Waals surface area contributed by atoms with Gasteiger partial charge in [-0.3, -0.25) is 0 Å². The third-order valence-electron chi connectivity index (χ3n) is 11.4. The third-order valence-corrected chi connectivity index (χ3v) is 11.4. The van der Waals surface area contributed by atoms with Gasteiger partial charge in [-0.15, -0.1) is 0 Å². The van der Waals surface area contributed by atoms with E-state index in [1.54, 1.807) is 0 Å². The van der Waals surface area contributed by atoms with Crippen molar-refractivity contribution in [1.29, 1.82) is 0 Å². The molecule has 6 aromatic carbocycles. The molecule has 0 N–H and O–H groups in total. The fraction of sp³-hybridized carbons (Fsp3) is 0.120. The second-order valence-electron chi connectivity index (χ2n) is 14.7. The zero-order valence-electron chi connectivity index (χ0n) is 29.6. The van der Waals surface area contributed by atoms with Crippen LogP contribution in [0.5, 0.6) is 0 Å². The van der Waals surface area contributed by atoms with Crippen LogP contribution in [0, 0.1) is 5.92 Å². The van der Waals surface area contributed by atoms with Crippen molar-refractivity contribution in [2.45, 2.75) is 32.1 Å². The third kappa shape index (κ3) is 4.93. The number of allylic oxidation sites excluding steroid dienone is 5. The zero-order chi connectivity index (χ0) is 34.8. The minimum atomic E-state index is 0.421. The predicted octanol–water partition coefficient (Wildman–Crippen LogP) is 13.4. The van der Waals surface area contributed by atoms with E-state index in [9.17, 15) is 0 Å². The van der Waals surface area contributed by atoms with Crippen molar-refractivity contribution in [3.8, 4) is 33.6 Å². The molecule has 0 spiro atoms. The predicted molar refractivity (Wildman–Crippen MR) is 221 cm³/mol. The van der Waals surface area contributed by atoms with E-state index in [2.05, 4.69) is 199 Å². The lowest BCUT2D eigenvalue weighted by Gasteiger charge is -2.22. The van der Waals surface area contributed by atoms with Crippen LogP contribution in [-0.4, -0.2) is 9.13 Å². The van der Waals surface area contributed by atoms with Crippen LogP contribution in [0.15, 0.2) is 170 Å². The fourth-order valence-electron chi connectivity index (χ4n) is 8.82. The Kier molecular flexibility index (Phi) is 7.25. The number of fused-ring (bicyclic) bond motifs is 6. The van der Waals surface area contributed by atoms with E-state index in [-0.39, 0.29) is 0 Å². The normalized spacial score (nSPS) is 18.1. The average Bonchev–Trinajstić information content (AvgIpc) is 3.72. The minimum absolute atomic E-state index is 0.421. The first kappa shape index (κ1) is 30.7. The molecule has 2 nitrogen and oxygen atoms in total. The van der Waals surface area contributed by atoms with Crippen molar-refractivity contribution >= 4 is 38.8 Å². The number of rotatable bonds is 5. The summed E-state index contributed by atoms with van der Waals surface area (Å²) in [4.78, 5) is 0. The number of benzene rings is 6. The SMILES string of the molecule is CC1CC=Cc2c1n(-c1ccc(C3C=CC=CC3C)cc1)c1ccc(-c3ccc4c(c3)c3ccccc3n4-c3cccc(-c4ccccc4)c3)cc21. The zero-order valence-corrected chi connectivity index (χ0v) is 29.6. The van der Waals surface area contributed by atoms with Crippen molar-refractivity contribution in [3.63, 3.8) is 0 Å². The van der Waals surface area contributed by atoms with Crippen molar-refractivity contribution in [3.05, 3.63) is 187 Å². The lowest BCUT2D eigenvalue weighted by Crippen LogP contribution is -2.09. The number of nitrogens with zero attached hydrogens (tertiary/aromatic N) is 2. The Morgan fingerprint density at radius 3 is 1.98 bits per heavy atom. The maximum Gasteiger partial charge on any atom is 0.0541 e. The van der Waals surface area contributed by atoms with Gasteiger partial charge in [0.2, 0.25) is 0 Å². The van der Waals surface area contributed by atoms with Crippen LogP contribution >= 0.6 is 0 Å². The highest BCUT2D eigenvalue weighted by molar-refractivity contribution is 6.10. The molecule has 8 aromatic rings. The van der Waals surface area contributed by atoms with Gasteiger partial charge in [0.1, 0.15) is 0 Å². The van der Waals surface area contributed by atoms with Gasteiger partial charge in [0.15, 0.2) is 0 Å². The van der Waals surface area contributed by atoms with Crippen LogP contribution < -0.4 is 0 Å². The largest absolute Gasteiger partial charge is 0.313 e. The first-order valence-electron chi connectivity index (χ1n) is 18.6. The van der Waals surface area contributed by atoms with Gasteiger partial charge in [0.25, 0.3) is 0 Å². The van der Waals surface area contributed by atoms with Crippen molar-refractivity contribution in [1.82, 2.24) is 9.13 Å². The van der Waals surface area contributed by atoms with Gasteiger partial charge >= 0.3 is 0 Å². The molecule has 0 saturated heterocycles. The van der Waals surface area contributed by atoms with Crippen molar-refractivity contribution < 1.29 is 0 Å². The minimum Gasteiger partial charge on any atom is -0.313 e. The molecule has 10 rings (SSSR count). The molecule has 0 amide bonds. The lowest BCUT2D eigenvalue weighted by atomic mass is 9.84. The lowest BCUT2D eigenvalue weighted by molar-refractivity contribution is 0.635. The molecule has 3 unspecified atom stereocenters. The second kappa shape index (κ2) is 12.3. The van der Waals surface area contributed by atoms with Crippen LogP contribution in [0.25, 0.3) is 72.4 Å². The Morgan fingerprint density at radius 1 is 0.500 bits per heavy atom. The molecule has 3 atom stereocenters. The summed E-state index contributed by atoms with van der Waals surface area (Å²) in [7, 11) is 0. The van der Waals surface area contributed by atoms with Crippen molar-refractivity contribution in [2.24, 2.45) is 5.92 Å². The summed E-state index contributed by atoms with van der Waals surface area (Å²) in [6, 6.07) is 51.8. The first-order chi connectivity index (χ1) is 25.6. The van der Waals surface area contributed by atoms with Crippen LogP contribution in [0.4, 0.5) is 0 Å². The van der Waals surface area contributed by atoms with E-state index >= 15 is 0 Å². The summed E-state index contributed by atoms with van der Waals surface area (Å²) in [5, 5.41) is 3.85. The highest BCUT2D eigenvalue weighted by Gasteiger charge is 2.25. The van der Waals surface area contributed by atoms with Gasteiger partial charge in [0.05, 0.1) is 16.6 Å². The molecule has 0 saturated carbocycles. The second-order valence-corrected chi connectivity index (χ2v) is 14.7. The molecular weight excluding hydrogens is 629 g/mol. The van der Waals surface area contributed by atoms with E-state index in [0.29, 0.717) is 17.8 Å². The Labute approximate surface area is 305 Å². The van der Waals surface area contributed by atoms with Crippen LogP contribution in [0.1, 0.15) is 48.9 Å². The molecule has 0 bridgehead atoms. The Morgan fingerprint density at radius 2 is 1.17 bits per heavy atom. The number of aromatic nitrogens is 2. The van der Waals surface area contributed by atoms with Crippen LogP contribution in [0.2, 0.25) is 0 Å². The Bertz CT molecular complexity index is 2730. The first-order valence-corrected chi connectivity index (χ1v) is 18.6. The standard InChI is InChI=1S/C50H40N2/c1-33-12-6-7-18-42(33)36-22-26-40(27-23-36)52-49-29-25-39(32-46(49)44-20-10-13-34(2)50(44)52)38-24-28-48-45(31-38)43-19-8-9-21-47(43)51(48)41-17-11-16-37(30-41)35-14-4-3-5-15-35/h3-12,14-34,42H,13H2,1-2H3. The average molecular weight is 669 g/mol. The Hall–Kier alpha value is -6.12. The van der Waals surface area contributed by atoms with Gasteiger partial charge in [0, 0.05) is 50.6 Å². The molecule has 2 heterocycles. The summed E-state index contributed by atoms with van der Waals surface area (Å²) in [5.74, 6) is 1.36. The number of hydrogen-bond acceptors (Lipinski definition) is 0. The van der Waals surface area contributed by atoms with Gasteiger partial charge in [-0.2, -0.15) is 0 Å². The summed E-state index contributed by atoms with van der Waals surface area (Å²) >= 11 is 0. The van der Waals surface area contributed by atoms with Gasteiger partial charge in [-0.05, 0) is 94.8 Å². The van der Waals surface area contributed by atoms with E-state index in [1.807, 2.05) is 0 Å². The Balaban J connectivity index is 1.09. The molecule has 0 radical (unpaired) electrons. The van der Waals surface area contributed by atoms with Crippen LogP contribution in [-0.2, 0) is 0 Å². The topological polar surface area (TPSA) is 9.86 Å². The molecule has 2 aromatic heterocycles. The molecule has 2 heteroatoms. The number of para-hydroxylation sites is 1. The molecule has 0 aliphatic heterocycles. The van der Waals surface area contributed by atoms with E-state index in [0.717, 1.165) is 6.42 Å². The van der Waals surface area contributed by atoms with Gasteiger partial charge in [-0.25, -0.2) is 0 Å². The summed E-state index contributed by atoms with van der Waals surface area (Å²) < 4.78 is 4.94. The molecule has 2 aliphatic rings. The van der Waals surface area contributed by atoms with Gasteiger partial charge in [-0.1, -0.05) is 135 Å². The fourth-order valence-corrected chi connectivity index (χ4v) is 8.82. The van der Waals surface area contributed by atoms with Crippen molar-refractivity contribution in [2.75, 3.05) is 0 Å². The summed E-state index contributed by atoms with van der Waals surface area (Å²) in [6.45, 7) is 4.67. The molecular formula is C50H40N2. The molecule has 250 valence electrons. The molecule has 52 heavy (non-hydrogen) atoms. The van der Waals surface area contributed by atoms with E-state index in [1.165, 1.54) is 83.2 Å².